The lowest BCUT2D eigenvalue weighted by atomic mass is 9.97. The number of aromatic nitrogens is 1. The second-order valence-electron chi connectivity index (χ2n) is 4.55. The van der Waals surface area contributed by atoms with E-state index in [0.717, 1.165) is 36.6 Å². The first-order chi connectivity index (χ1) is 8.67. The number of hydrogen-bond acceptors (Lipinski definition) is 4. The van der Waals surface area contributed by atoms with Gasteiger partial charge in [0.25, 0.3) is 0 Å². The minimum absolute atomic E-state index is 0.204. The topological polar surface area (TPSA) is 48.1 Å². The predicted octanol–water partition coefficient (Wildman–Crippen LogP) is 3.65. The molecule has 0 aromatic carbocycles. The highest BCUT2D eigenvalue weighted by Gasteiger charge is 2.32. The zero-order valence-corrected chi connectivity index (χ0v) is 12.8. The van der Waals surface area contributed by atoms with Gasteiger partial charge in [0.1, 0.15) is 10.6 Å². The Bertz CT molecular complexity index is 343. The smallest absolute Gasteiger partial charge is 0.125 e. The normalized spacial score (nSPS) is 13.8. The van der Waals surface area contributed by atoms with Crippen LogP contribution in [0.4, 0.5) is 0 Å². The van der Waals surface area contributed by atoms with E-state index in [4.69, 9.17) is 15.5 Å². The lowest BCUT2D eigenvalue weighted by Gasteiger charge is -2.29. The van der Waals surface area contributed by atoms with Crippen molar-refractivity contribution in [3.05, 3.63) is 16.1 Å². The zero-order valence-electron chi connectivity index (χ0n) is 12.0. The minimum Gasteiger partial charge on any atom is -0.368 e. The molecule has 0 amide bonds. The van der Waals surface area contributed by atoms with E-state index in [2.05, 4.69) is 26.2 Å². The van der Waals surface area contributed by atoms with Crippen LogP contribution in [0.15, 0.2) is 5.38 Å². The van der Waals surface area contributed by atoms with Crippen molar-refractivity contribution in [2.45, 2.75) is 58.5 Å². The molecule has 0 spiro atoms. The van der Waals surface area contributed by atoms with Crippen molar-refractivity contribution in [3.8, 4) is 0 Å². The van der Waals surface area contributed by atoms with E-state index in [9.17, 15) is 0 Å². The summed E-state index contributed by atoms with van der Waals surface area (Å²) in [6, 6.07) is 0. The summed E-state index contributed by atoms with van der Waals surface area (Å²) >= 11 is 1.71. The van der Waals surface area contributed by atoms with Crippen LogP contribution >= 0.6 is 11.3 Å². The standard InChI is InChI=1S/C14H26N2OS/c1-5-11(9-15)12-10-18-13(16-12)14(6-2,7-3)17-8-4/h10-11H,5-9,15H2,1-4H3. The molecule has 1 atom stereocenters. The van der Waals surface area contributed by atoms with Gasteiger partial charge in [-0.05, 0) is 26.2 Å². The van der Waals surface area contributed by atoms with Crippen LogP contribution in [0.5, 0.6) is 0 Å². The van der Waals surface area contributed by atoms with Crippen LogP contribution in [0.25, 0.3) is 0 Å². The summed E-state index contributed by atoms with van der Waals surface area (Å²) in [5, 5.41) is 3.26. The highest BCUT2D eigenvalue weighted by molar-refractivity contribution is 7.09. The fraction of sp³-hybridized carbons (Fsp3) is 0.786. The van der Waals surface area contributed by atoms with Gasteiger partial charge in [-0.3, -0.25) is 0 Å². The molecule has 0 bridgehead atoms. The highest BCUT2D eigenvalue weighted by Crippen LogP contribution is 2.36. The third-order valence-electron chi connectivity index (χ3n) is 3.67. The van der Waals surface area contributed by atoms with Gasteiger partial charge in [-0.2, -0.15) is 0 Å². The largest absolute Gasteiger partial charge is 0.368 e. The molecule has 0 saturated carbocycles. The lowest BCUT2D eigenvalue weighted by Crippen LogP contribution is -2.28. The molecule has 0 aliphatic carbocycles. The Morgan fingerprint density at radius 1 is 1.33 bits per heavy atom. The number of rotatable bonds is 8. The van der Waals surface area contributed by atoms with E-state index in [1.54, 1.807) is 11.3 Å². The Morgan fingerprint density at radius 2 is 2.00 bits per heavy atom. The Labute approximate surface area is 115 Å². The summed E-state index contributed by atoms with van der Waals surface area (Å²) < 4.78 is 5.99. The lowest BCUT2D eigenvalue weighted by molar-refractivity contribution is -0.0507. The molecule has 4 heteroatoms. The monoisotopic (exact) mass is 270 g/mol. The zero-order chi connectivity index (χ0) is 13.6. The molecule has 18 heavy (non-hydrogen) atoms. The Balaban J connectivity index is 3.00. The molecular formula is C14H26N2OS. The first-order valence-corrected chi connectivity index (χ1v) is 7.85. The molecule has 0 aliphatic rings. The van der Waals surface area contributed by atoms with Crippen LogP contribution in [0.1, 0.15) is 63.6 Å². The van der Waals surface area contributed by atoms with E-state index in [1.807, 2.05) is 6.92 Å². The van der Waals surface area contributed by atoms with Crippen LogP contribution in [-0.2, 0) is 10.3 Å². The second-order valence-corrected chi connectivity index (χ2v) is 5.41. The van der Waals surface area contributed by atoms with Gasteiger partial charge in [0.05, 0.1) is 5.69 Å². The van der Waals surface area contributed by atoms with Gasteiger partial charge in [-0.1, -0.05) is 20.8 Å². The molecule has 104 valence electrons. The van der Waals surface area contributed by atoms with Crippen molar-refractivity contribution in [3.63, 3.8) is 0 Å². The summed E-state index contributed by atoms with van der Waals surface area (Å²) in [7, 11) is 0. The van der Waals surface area contributed by atoms with E-state index >= 15 is 0 Å². The van der Waals surface area contributed by atoms with E-state index in [1.165, 1.54) is 0 Å². The summed E-state index contributed by atoms with van der Waals surface area (Å²) in [5.74, 6) is 0.378. The van der Waals surface area contributed by atoms with Gasteiger partial charge in [0.2, 0.25) is 0 Å². The third kappa shape index (κ3) is 3.11. The van der Waals surface area contributed by atoms with Gasteiger partial charge in [-0.15, -0.1) is 11.3 Å². The number of hydrogen-bond donors (Lipinski definition) is 1. The van der Waals surface area contributed by atoms with Crippen molar-refractivity contribution >= 4 is 11.3 Å². The summed E-state index contributed by atoms with van der Waals surface area (Å²) in [4.78, 5) is 4.80. The van der Waals surface area contributed by atoms with Gasteiger partial charge >= 0.3 is 0 Å². The molecule has 0 radical (unpaired) electrons. The Morgan fingerprint density at radius 3 is 2.44 bits per heavy atom. The van der Waals surface area contributed by atoms with Crippen LogP contribution in [-0.4, -0.2) is 18.1 Å². The summed E-state index contributed by atoms with van der Waals surface area (Å²) in [6.07, 6.45) is 2.97. The van der Waals surface area contributed by atoms with Gasteiger partial charge in [0.15, 0.2) is 0 Å². The van der Waals surface area contributed by atoms with Crippen LogP contribution in [0, 0.1) is 0 Å². The fourth-order valence-corrected chi connectivity index (χ4v) is 3.47. The first kappa shape index (κ1) is 15.6. The van der Waals surface area contributed by atoms with Crippen LogP contribution < -0.4 is 5.73 Å². The molecule has 0 saturated heterocycles. The highest BCUT2D eigenvalue weighted by atomic mass is 32.1. The van der Waals surface area contributed by atoms with Crippen molar-refractivity contribution in [2.75, 3.05) is 13.2 Å². The maximum atomic E-state index is 5.99. The molecule has 0 aliphatic heterocycles. The predicted molar refractivity (Wildman–Crippen MR) is 78.1 cm³/mol. The molecule has 3 nitrogen and oxygen atoms in total. The second kappa shape index (κ2) is 7.22. The molecule has 1 heterocycles. The van der Waals surface area contributed by atoms with Gasteiger partial charge in [-0.25, -0.2) is 4.98 Å². The fourth-order valence-electron chi connectivity index (χ4n) is 2.27. The van der Waals surface area contributed by atoms with E-state index in [0.29, 0.717) is 12.5 Å². The molecule has 2 N–H and O–H groups in total. The maximum Gasteiger partial charge on any atom is 0.125 e. The van der Waals surface area contributed by atoms with E-state index < -0.39 is 0 Å². The quantitative estimate of drug-likeness (QED) is 0.784. The molecule has 1 rings (SSSR count). The summed E-state index contributed by atoms with van der Waals surface area (Å²) in [5.41, 5.74) is 6.72. The average molecular weight is 270 g/mol. The third-order valence-corrected chi connectivity index (χ3v) is 4.72. The average Bonchev–Trinajstić information content (AvgIpc) is 2.88. The van der Waals surface area contributed by atoms with Crippen molar-refractivity contribution in [1.29, 1.82) is 0 Å². The summed E-state index contributed by atoms with van der Waals surface area (Å²) in [6.45, 7) is 9.93. The van der Waals surface area contributed by atoms with E-state index in [-0.39, 0.29) is 5.60 Å². The molecular weight excluding hydrogens is 244 g/mol. The van der Waals surface area contributed by atoms with Crippen LogP contribution in [0.2, 0.25) is 0 Å². The van der Waals surface area contributed by atoms with Crippen LogP contribution in [0.3, 0.4) is 0 Å². The SMILES string of the molecule is CCOC(CC)(CC)c1nc(C(CC)CN)cs1. The number of ether oxygens (including phenoxy) is 1. The number of nitrogens with two attached hydrogens (primary N) is 1. The number of nitrogens with zero attached hydrogens (tertiary/aromatic N) is 1. The van der Waals surface area contributed by atoms with Crippen molar-refractivity contribution < 1.29 is 4.74 Å². The molecule has 1 aromatic heterocycles. The van der Waals surface area contributed by atoms with Crippen molar-refractivity contribution in [2.24, 2.45) is 5.73 Å². The number of thiazole rings is 1. The first-order valence-electron chi connectivity index (χ1n) is 6.97. The minimum atomic E-state index is -0.204. The Hall–Kier alpha value is -0.450. The van der Waals surface area contributed by atoms with Crippen molar-refractivity contribution in [1.82, 2.24) is 4.98 Å². The molecule has 0 fully saturated rings. The maximum absolute atomic E-state index is 5.99. The Kier molecular flexibility index (Phi) is 6.26. The van der Waals surface area contributed by atoms with Gasteiger partial charge in [0, 0.05) is 24.4 Å². The molecule has 1 unspecified atom stereocenters. The molecule has 1 aromatic rings. The van der Waals surface area contributed by atoms with Gasteiger partial charge < -0.3 is 10.5 Å².